The van der Waals surface area contributed by atoms with Crippen molar-refractivity contribution in [1.82, 2.24) is 0 Å². The lowest BCUT2D eigenvalue weighted by atomic mass is 10.1. The molecule has 0 aliphatic carbocycles. The Balaban J connectivity index is 4.61. The third-order valence-electron chi connectivity index (χ3n) is 7.61. The quantitative estimate of drug-likeness (QED) is 0.0252. The molecule has 8 heteroatoms. The molecule has 0 heterocycles. The number of unbranched alkanes of at least 4 members (excludes halogenated alkanes) is 5. The Bertz CT molecular complexity index is 1150. The first-order chi connectivity index (χ1) is 24.6. The summed E-state index contributed by atoms with van der Waals surface area (Å²) in [6.07, 6.45) is 43.2. The van der Waals surface area contributed by atoms with E-state index in [9.17, 15) is 19.5 Å². The molecule has 286 valence electrons. The fraction of sp³-hybridized carbons (Fsp3) is 0.558. The monoisotopic (exact) mass is 710 g/mol. The third-order valence-corrected chi connectivity index (χ3v) is 7.61. The molecule has 0 saturated carbocycles. The van der Waals surface area contributed by atoms with Gasteiger partial charge in [-0.1, -0.05) is 117 Å². The summed E-state index contributed by atoms with van der Waals surface area (Å²) >= 11 is 0. The third kappa shape index (κ3) is 31.9. The second-order valence-corrected chi connectivity index (χ2v) is 13.2. The molecular formula is C43H68NO7+. The minimum atomic E-state index is -0.894. The van der Waals surface area contributed by atoms with E-state index in [2.05, 4.69) is 62.5 Å². The maximum absolute atomic E-state index is 12.6. The minimum Gasteiger partial charge on any atom is -0.477 e. The number of esters is 2. The molecular weight excluding hydrogens is 642 g/mol. The van der Waals surface area contributed by atoms with Crippen LogP contribution in [0.1, 0.15) is 104 Å². The lowest BCUT2D eigenvalue weighted by Gasteiger charge is -2.31. The van der Waals surface area contributed by atoms with Gasteiger partial charge in [-0.05, 0) is 64.2 Å². The number of carboxylic acids is 1. The van der Waals surface area contributed by atoms with Gasteiger partial charge in [-0.3, -0.25) is 9.59 Å². The Morgan fingerprint density at radius 1 is 0.608 bits per heavy atom. The predicted octanol–water partition coefficient (Wildman–Crippen LogP) is 9.57. The zero-order valence-electron chi connectivity index (χ0n) is 32.3. The van der Waals surface area contributed by atoms with Crippen LogP contribution in [0.25, 0.3) is 0 Å². The van der Waals surface area contributed by atoms with Gasteiger partial charge in [0.15, 0.2) is 12.1 Å². The van der Waals surface area contributed by atoms with E-state index in [4.69, 9.17) is 14.2 Å². The van der Waals surface area contributed by atoms with Gasteiger partial charge in [0.2, 0.25) is 0 Å². The number of likely N-dealkylation sites (N-methyl/N-ethyl adjacent to an activating group) is 1. The zero-order valence-corrected chi connectivity index (χ0v) is 32.3. The van der Waals surface area contributed by atoms with Gasteiger partial charge >= 0.3 is 17.9 Å². The molecule has 0 fully saturated rings. The minimum absolute atomic E-state index is 0.0241. The molecule has 1 N–H and O–H groups in total. The van der Waals surface area contributed by atoms with Crippen molar-refractivity contribution >= 4 is 17.9 Å². The molecule has 0 saturated heterocycles. The van der Waals surface area contributed by atoms with Gasteiger partial charge in [0, 0.05) is 19.3 Å². The first kappa shape index (κ1) is 47.2. The van der Waals surface area contributed by atoms with Crippen LogP contribution in [0.15, 0.2) is 97.2 Å². The molecule has 8 nitrogen and oxygen atoms in total. The molecule has 0 radical (unpaired) electrons. The number of hydrogen-bond acceptors (Lipinski definition) is 6. The summed E-state index contributed by atoms with van der Waals surface area (Å²) in [4.78, 5) is 36.8. The highest BCUT2D eigenvalue weighted by Crippen LogP contribution is 2.11. The maximum Gasteiger partial charge on any atom is 0.362 e. The van der Waals surface area contributed by atoms with Crippen LogP contribution in [0.2, 0.25) is 0 Å². The Labute approximate surface area is 309 Å². The predicted molar refractivity (Wildman–Crippen MR) is 210 cm³/mol. The second-order valence-electron chi connectivity index (χ2n) is 13.2. The Morgan fingerprint density at radius 3 is 1.76 bits per heavy atom. The van der Waals surface area contributed by atoms with Crippen LogP contribution < -0.4 is 0 Å². The fourth-order valence-electron chi connectivity index (χ4n) is 4.71. The summed E-state index contributed by atoms with van der Waals surface area (Å²) in [5, 5.41) is 9.58. The van der Waals surface area contributed by atoms with E-state index in [-0.39, 0.29) is 49.1 Å². The van der Waals surface area contributed by atoms with E-state index in [0.29, 0.717) is 19.3 Å². The Morgan fingerprint density at radius 2 is 1.14 bits per heavy atom. The first-order valence-electron chi connectivity index (χ1n) is 18.8. The topological polar surface area (TPSA) is 99.1 Å². The van der Waals surface area contributed by atoms with Crippen molar-refractivity contribution in [3.8, 4) is 0 Å². The number of ether oxygens (including phenoxy) is 3. The van der Waals surface area contributed by atoms with Crippen LogP contribution >= 0.6 is 0 Å². The van der Waals surface area contributed by atoms with Crippen LogP contribution in [-0.2, 0) is 28.6 Å². The lowest BCUT2D eigenvalue weighted by Crippen LogP contribution is -2.50. The van der Waals surface area contributed by atoms with Crippen molar-refractivity contribution in [2.75, 3.05) is 41.0 Å². The highest BCUT2D eigenvalue weighted by atomic mass is 16.6. The number of allylic oxidation sites excluding steroid dienone is 16. The largest absolute Gasteiger partial charge is 0.477 e. The lowest BCUT2D eigenvalue weighted by molar-refractivity contribution is -0.887. The van der Waals surface area contributed by atoms with Gasteiger partial charge in [0.1, 0.15) is 6.61 Å². The molecule has 0 aliphatic rings. The molecule has 51 heavy (non-hydrogen) atoms. The highest BCUT2D eigenvalue weighted by molar-refractivity contribution is 5.72. The maximum atomic E-state index is 12.6. The summed E-state index contributed by atoms with van der Waals surface area (Å²) in [6.45, 7) is 4.34. The van der Waals surface area contributed by atoms with E-state index in [1.54, 1.807) is 0 Å². The zero-order chi connectivity index (χ0) is 37.8. The summed E-state index contributed by atoms with van der Waals surface area (Å²) in [5.74, 6) is -1.60. The van der Waals surface area contributed by atoms with Crippen LogP contribution in [-0.4, -0.2) is 80.6 Å². The normalized spacial score (nSPS) is 14.1. The number of aliphatic carboxylic acids is 1. The van der Waals surface area contributed by atoms with E-state index in [1.807, 2.05) is 69.8 Å². The number of nitrogens with zero attached hydrogens (tertiary/aromatic N) is 1. The molecule has 0 aromatic carbocycles. The van der Waals surface area contributed by atoms with Gasteiger partial charge in [0.05, 0.1) is 34.4 Å². The molecule has 0 spiro atoms. The van der Waals surface area contributed by atoms with Crippen LogP contribution in [0.4, 0.5) is 0 Å². The summed E-state index contributed by atoms with van der Waals surface area (Å²) < 4.78 is 17.1. The number of carbonyl (C=O) groups is 3. The summed E-state index contributed by atoms with van der Waals surface area (Å²) in [6, 6.07) is -0.633. The number of rotatable bonds is 31. The average Bonchev–Trinajstić information content (AvgIpc) is 3.08. The molecule has 0 aliphatic heterocycles. The smallest absolute Gasteiger partial charge is 0.362 e. The van der Waals surface area contributed by atoms with Crippen LogP contribution in [0.3, 0.4) is 0 Å². The highest BCUT2D eigenvalue weighted by Gasteiger charge is 2.31. The summed E-state index contributed by atoms with van der Waals surface area (Å²) in [7, 11) is 5.47. The second kappa shape index (κ2) is 33.4. The SMILES string of the molecule is CC/C=C/C=C/C=C/C=C/C=C/CCCCCC(=O)OC(COCCC(C(=O)O)[N+](C)(C)C)COC(=O)CCCC/C=C/C/C=C/C/C=C/CC. The summed E-state index contributed by atoms with van der Waals surface area (Å²) in [5.41, 5.74) is 0. The number of quaternary nitrogens is 1. The Hall–Kier alpha value is -3.75. The van der Waals surface area contributed by atoms with Gasteiger partial charge < -0.3 is 23.8 Å². The standard InChI is InChI=1S/C43H67NO7/c1-6-8-10-12-14-16-18-20-21-22-24-26-28-30-32-34-42(46)51-39(37-49-36-35-40(43(47)48)44(3,4)5)38-50-41(45)33-31-29-27-25-23-19-17-15-13-11-9-7-2/h8-12,14-18,20-25,39-40H,6-7,13,19,26-38H2,1-5H3/p+1/b10-8+,11-9+,14-12+,17-15+,18-16+,21-20+,24-22+,25-23+. The van der Waals surface area contributed by atoms with Gasteiger partial charge in [-0.2, -0.15) is 0 Å². The van der Waals surface area contributed by atoms with Gasteiger partial charge in [-0.15, -0.1) is 0 Å². The molecule has 2 atom stereocenters. The molecule has 0 amide bonds. The van der Waals surface area contributed by atoms with Gasteiger partial charge in [-0.25, -0.2) is 4.79 Å². The molecule has 2 unspecified atom stereocenters. The number of carbonyl (C=O) groups excluding carboxylic acids is 2. The van der Waals surface area contributed by atoms with Crippen molar-refractivity contribution in [1.29, 1.82) is 0 Å². The first-order valence-corrected chi connectivity index (χ1v) is 18.8. The van der Waals surface area contributed by atoms with Crippen LogP contribution in [0.5, 0.6) is 0 Å². The van der Waals surface area contributed by atoms with E-state index in [0.717, 1.165) is 57.8 Å². The molecule has 0 rings (SSSR count). The number of hydrogen-bond donors (Lipinski definition) is 1. The van der Waals surface area contributed by atoms with Gasteiger partial charge in [0.25, 0.3) is 0 Å². The van der Waals surface area contributed by atoms with E-state index in [1.165, 1.54) is 0 Å². The molecule has 0 bridgehead atoms. The van der Waals surface area contributed by atoms with E-state index < -0.39 is 18.1 Å². The fourth-order valence-corrected chi connectivity index (χ4v) is 4.71. The molecule has 0 aromatic heterocycles. The van der Waals surface area contributed by atoms with Crippen molar-refractivity contribution in [2.24, 2.45) is 0 Å². The van der Waals surface area contributed by atoms with Crippen LogP contribution in [0, 0.1) is 0 Å². The van der Waals surface area contributed by atoms with Crippen molar-refractivity contribution in [3.63, 3.8) is 0 Å². The van der Waals surface area contributed by atoms with Crippen molar-refractivity contribution in [2.45, 2.75) is 116 Å². The Kier molecular flexibility index (Phi) is 30.9. The average molecular weight is 711 g/mol. The van der Waals surface area contributed by atoms with Crippen molar-refractivity contribution in [3.05, 3.63) is 97.2 Å². The molecule has 0 aromatic rings. The van der Waals surface area contributed by atoms with E-state index >= 15 is 0 Å². The number of carboxylic acid groups (broad SMARTS) is 1. The van der Waals surface area contributed by atoms with Crippen molar-refractivity contribution < 1.29 is 38.2 Å².